The molecule has 0 saturated carbocycles. The number of nitrogens with zero attached hydrogens (tertiary/aromatic N) is 1. The third-order valence-electron chi connectivity index (χ3n) is 3.92. The van der Waals surface area contributed by atoms with Gasteiger partial charge in [0.1, 0.15) is 0 Å². The van der Waals surface area contributed by atoms with Crippen LogP contribution in [0.1, 0.15) is 17.3 Å². The summed E-state index contributed by atoms with van der Waals surface area (Å²) >= 11 is 0. The van der Waals surface area contributed by atoms with Crippen molar-refractivity contribution < 1.29 is 19.1 Å². The van der Waals surface area contributed by atoms with Gasteiger partial charge in [0.25, 0.3) is 11.8 Å². The first kappa shape index (κ1) is 19.2. The topological polar surface area (TPSA) is 105 Å². The molecule has 28 heavy (non-hydrogen) atoms. The van der Waals surface area contributed by atoms with E-state index in [1.165, 1.54) is 0 Å². The van der Waals surface area contributed by atoms with E-state index in [0.29, 0.717) is 36.8 Å². The molecule has 1 aromatic heterocycles. The molecule has 0 spiro atoms. The third-order valence-corrected chi connectivity index (χ3v) is 3.92. The average Bonchev–Trinajstić information content (AvgIpc) is 3.18. The number of fused-ring (bicyclic) bond motifs is 1. The Bertz CT molecular complexity index is 954. The Balaban J connectivity index is 1.39. The average molecular weight is 382 g/mol. The minimum Gasteiger partial charge on any atom is -0.490 e. The van der Waals surface area contributed by atoms with Crippen molar-refractivity contribution >= 4 is 22.8 Å². The lowest BCUT2D eigenvalue weighted by molar-refractivity contribution is -0.123. The summed E-state index contributed by atoms with van der Waals surface area (Å²) in [5, 5.41) is 5.46. The number of carbonyl (C=O) groups excluding carboxylic acids is 2. The van der Waals surface area contributed by atoms with Crippen LogP contribution in [0.5, 0.6) is 11.5 Å². The Kier molecular flexibility index (Phi) is 6.46. The fourth-order valence-corrected chi connectivity index (χ4v) is 2.60. The molecule has 8 heteroatoms. The number of ether oxygens (including phenoxy) is 2. The Labute approximate surface area is 162 Å². The maximum Gasteiger partial charge on any atom is 0.258 e. The molecule has 0 aliphatic heterocycles. The minimum atomic E-state index is -0.278. The van der Waals surface area contributed by atoms with Gasteiger partial charge in [-0.1, -0.05) is 12.1 Å². The van der Waals surface area contributed by atoms with Crippen LogP contribution in [0, 0.1) is 0 Å². The van der Waals surface area contributed by atoms with E-state index in [1.54, 1.807) is 36.7 Å². The monoisotopic (exact) mass is 382 g/mol. The van der Waals surface area contributed by atoms with Gasteiger partial charge in [0.05, 0.1) is 24.0 Å². The van der Waals surface area contributed by atoms with Gasteiger partial charge in [-0.05, 0) is 37.3 Å². The zero-order valence-electron chi connectivity index (χ0n) is 15.5. The fraction of sp³-hybridized carbons (Fsp3) is 0.250. The predicted octanol–water partition coefficient (Wildman–Crippen LogP) is 1.89. The Morgan fingerprint density at radius 2 is 1.79 bits per heavy atom. The maximum atomic E-state index is 12.2. The van der Waals surface area contributed by atoms with Crippen LogP contribution < -0.4 is 20.1 Å². The highest BCUT2D eigenvalue weighted by atomic mass is 16.5. The molecule has 0 fully saturated rings. The predicted molar refractivity (Wildman–Crippen MR) is 105 cm³/mol. The molecule has 2 amide bonds. The van der Waals surface area contributed by atoms with Crippen LogP contribution in [-0.4, -0.2) is 48.1 Å². The summed E-state index contributed by atoms with van der Waals surface area (Å²) in [5.74, 6) is 0.619. The smallest absolute Gasteiger partial charge is 0.258 e. The van der Waals surface area contributed by atoms with Crippen LogP contribution in [0.3, 0.4) is 0 Å². The van der Waals surface area contributed by atoms with Gasteiger partial charge in [-0.15, -0.1) is 0 Å². The Morgan fingerprint density at radius 3 is 2.57 bits per heavy atom. The molecule has 0 bridgehead atoms. The van der Waals surface area contributed by atoms with Gasteiger partial charge in [0, 0.05) is 18.7 Å². The van der Waals surface area contributed by atoms with E-state index in [9.17, 15) is 9.59 Å². The number of benzene rings is 2. The second-order valence-electron chi connectivity index (χ2n) is 5.91. The molecule has 0 radical (unpaired) electrons. The van der Waals surface area contributed by atoms with Crippen molar-refractivity contribution in [3.8, 4) is 11.5 Å². The van der Waals surface area contributed by atoms with Crippen molar-refractivity contribution in [2.45, 2.75) is 6.92 Å². The van der Waals surface area contributed by atoms with Crippen LogP contribution in [0.4, 0.5) is 0 Å². The summed E-state index contributed by atoms with van der Waals surface area (Å²) in [6.45, 7) is 2.87. The number of hydrogen-bond acceptors (Lipinski definition) is 5. The number of aromatic nitrogens is 2. The van der Waals surface area contributed by atoms with Gasteiger partial charge in [-0.2, -0.15) is 0 Å². The van der Waals surface area contributed by atoms with E-state index in [2.05, 4.69) is 20.6 Å². The van der Waals surface area contributed by atoms with Crippen molar-refractivity contribution in [3.63, 3.8) is 0 Å². The first-order valence-electron chi connectivity index (χ1n) is 9.00. The van der Waals surface area contributed by atoms with Gasteiger partial charge < -0.3 is 25.1 Å². The summed E-state index contributed by atoms with van der Waals surface area (Å²) in [7, 11) is 0. The summed E-state index contributed by atoms with van der Waals surface area (Å²) in [6, 6.07) is 12.4. The number of carbonyl (C=O) groups is 2. The molecule has 3 N–H and O–H groups in total. The quantitative estimate of drug-likeness (QED) is 0.490. The van der Waals surface area contributed by atoms with Crippen LogP contribution in [0.2, 0.25) is 0 Å². The lowest BCUT2D eigenvalue weighted by Crippen LogP contribution is -2.36. The van der Waals surface area contributed by atoms with Crippen molar-refractivity contribution in [2.24, 2.45) is 0 Å². The Morgan fingerprint density at radius 1 is 1.04 bits per heavy atom. The summed E-state index contributed by atoms with van der Waals surface area (Å²) in [4.78, 5) is 31.2. The minimum absolute atomic E-state index is 0.130. The van der Waals surface area contributed by atoms with Gasteiger partial charge in [0.2, 0.25) is 0 Å². The molecule has 3 aromatic rings. The van der Waals surface area contributed by atoms with Crippen molar-refractivity contribution in [1.82, 2.24) is 20.6 Å². The molecule has 1 heterocycles. The largest absolute Gasteiger partial charge is 0.490 e. The molecule has 0 unspecified atom stereocenters. The zero-order chi connectivity index (χ0) is 19.8. The standard InChI is InChI=1S/C20H22N4O4/c1-2-27-17-5-3-4-6-18(17)28-12-19(25)21-9-10-22-20(26)14-7-8-15-16(11-14)24-13-23-15/h3-8,11,13H,2,9-10,12H2,1H3,(H,21,25)(H,22,26)(H,23,24). The third kappa shape index (κ3) is 5.00. The highest BCUT2D eigenvalue weighted by Gasteiger charge is 2.09. The van der Waals surface area contributed by atoms with Gasteiger partial charge in [-0.3, -0.25) is 9.59 Å². The Hall–Kier alpha value is -3.55. The molecule has 0 saturated heterocycles. The van der Waals surface area contributed by atoms with Crippen molar-refractivity contribution in [1.29, 1.82) is 0 Å². The maximum absolute atomic E-state index is 12.2. The van der Waals surface area contributed by atoms with E-state index in [1.807, 2.05) is 19.1 Å². The molecular formula is C20H22N4O4. The number of hydrogen-bond donors (Lipinski definition) is 3. The van der Waals surface area contributed by atoms with Crippen molar-refractivity contribution in [2.75, 3.05) is 26.3 Å². The number of amides is 2. The van der Waals surface area contributed by atoms with Crippen LogP contribution in [0.25, 0.3) is 11.0 Å². The van der Waals surface area contributed by atoms with E-state index in [4.69, 9.17) is 9.47 Å². The number of imidazole rings is 1. The van der Waals surface area contributed by atoms with Gasteiger partial charge in [0.15, 0.2) is 18.1 Å². The van der Waals surface area contributed by atoms with E-state index < -0.39 is 0 Å². The molecule has 0 aliphatic carbocycles. The molecule has 0 atom stereocenters. The highest BCUT2D eigenvalue weighted by Crippen LogP contribution is 2.26. The lowest BCUT2D eigenvalue weighted by atomic mass is 10.2. The number of para-hydroxylation sites is 2. The SMILES string of the molecule is CCOc1ccccc1OCC(=O)NCCNC(=O)c1ccc2nc[nH]c2c1. The van der Waals surface area contributed by atoms with Gasteiger partial charge in [-0.25, -0.2) is 4.98 Å². The van der Waals surface area contributed by atoms with E-state index in [0.717, 1.165) is 11.0 Å². The molecule has 0 aliphatic rings. The fourth-order valence-electron chi connectivity index (χ4n) is 2.60. The number of H-pyrrole nitrogens is 1. The summed E-state index contributed by atoms with van der Waals surface area (Å²) in [5.41, 5.74) is 2.12. The molecular weight excluding hydrogens is 360 g/mol. The molecule has 146 valence electrons. The summed E-state index contributed by atoms with van der Waals surface area (Å²) < 4.78 is 10.9. The number of aromatic amines is 1. The molecule has 2 aromatic carbocycles. The second kappa shape index (κ2) is 9.40. The normalized spacial score (nSPS) is 10.5. The first-order chi connectivity index (χ1) is 13.7. The molecule has 8 nitrogen and oxygen atoms in total. The van der Waals surface area contributed by atoms with Crippen molar-refractivity contribution in [3.05, 3.63) is 54.4 Å². The zero-order valence-corrected chi connectivity index (χ0v) is 15.5. The van der Waals surface area contributed by atoms with Gasteiger partial charge >= 0.3 is 0 Å². The lowest BCUT2D eigenvalue weighted by Gasteiger charge is -2.12. The van der Waals surface area contributed by atoms with Crippen LogP contribution >= 0.6 is 0 Å². The number of nitrogens with one attached hydrogen (secondary N) is 3. The summed E-state index contributed by atoms with van der Waals surface area (Å²) in [6.07, 6.45) is 1.58. The first-order valence-corrected chi connectivity index (χ1v) is 9.00. The number of rotatable bonds is 9. The highest BCUT2D eigenvalue weighted by molar-refractivity contribution is 5.97. The van der Waals surface area contributed by atoms with Crippen LogP contribution in [0.15, 0.2) is 48.8 Å². The molecule has 3 rings (SSSR count). The van der Waals surface area contributed by atoms with Crippen LogP contribution in [-0.2, 0) is 4.79 Å². The van der Waals surface area contributed by atoms with E-state index >= 15 is 0 Å². The second-order valence-corrected chi connectivity index (χ2v) is 5.91. The van der Waals surface area contributed by atoms with E-state index in [-0.39, 0.29) is 18.4 Å².